The van der Waals surface area contributed by atoms with Crippen LogP contribution in [0.1, 0.15) is 47.3 Å². The van der Waals surface area contributed by atoms with Crippen LogP contribution in [0.25, 0.3) is 0 Å². The standard InChI is InChI=1S/C25H32N4O/c1-4-7-19(2)16-29-18-22-15-21(14-20(3)24(22)25(29)30)17-27-10-12-28(13-11-27)23-8-5-6-9-26-23/h5-9,14-15H,4,10-13,16-18H2,1-3H3/b19-7+. The summed E-state index contributed by atoms with van der Waals surface area (Å²) in [5, 5.41) is 0. The lowest BCUT2D eigenvalue weighted by molar-refractivity contribution is 0.0791. The van der Waals surface area contributed by atoms with Gasteiger partial charge in [0.1, 0.15) is 5.82 Å². The van der Waals surface area contributed by atoms with Crippen molar-refractivity contribution in [3.05, 3.63) is 70.4 Å². The highest BCUT2D eigenvalue weighted by atomic mass is 16.2. The largest absolute Gasteiger partial charge is 0.354 e. The molecule has 5 nitrogen and oxygen atoms in total. The molecular weight excluding hydrogens is 372 g/mol. The Hall–Kier alpha value is -2.66. The number of carbonyl (C=O) groups excluding carboxylic acids is 1. The van der Waals surface area contributed by atoms with Crippen LogP contribution in [-0.4, -0.2) is 53.4 Å². The Morgan fingerprint density at radius 2 is 1.97 bits per heavy atom. The zero-order valence-corrected chi connectivity index (χ0v) is 18.4. The zero-order valence-electron chi connectivity index (χ0n) is 18.4. The molecule has 0 radical (unpaired) electrons. The Kier molecular flexibility index (Phi) is 6.18. The Bertz CT molecular complexity index is 930. The number of fused-ring (bicyclic) bond motifs is 1. The average molecular weight is 405 g/mol. The van der Waals surface area contributed by atoms with Crippen LogP contribution in [0.15, 0.2) is 48.2 Å². The maximum atomic E-state index is 12.9. The monoisotopic (exact) mass is 404 g/mol. The molecule has 1 saturated heterocycles. The van der Waals surface area contributed by atoms with Crippen molar-refractivity contribution in [2.24, 2.45) is 0 Å². The average Bonchev–Trinajstić information content (AvgIpc) is 3.05. The van der Waals surface area contributed by atoms with E-state index in [0.29, 0.717) is 0 Å². The third-order valence-corrected chi connectivity index (χ3v) is 6.08. The summed E-state index contributed by atoms with van der Waals surface area (Å²) >= 11 is 0. The van der Waals surface area contributed by atoms with E-state index in [9.17, 15) is 4.79 Å². The summed E-state index contributed by atoms with van der Waals surface area (Å²) in [4.78, 5) is 24.2. The maximum absolute atomic E-state index is 12.9. The number of piperazine rings is 1. The number of hydrogen-bond acceptors (Lipinski definition) is 4. The second kappa shape index (κ2) is 9.00. The molecule has 1 fully saturated rings. The van der Waals surface area contributed by atoms with Crippen LogP contribution >= 0.6 is 0 Å². The summed E-state index contributed by atoms with van der Waals surface area (Å²) in [6.07, 6.45) is 5.08. The minimum Gasteiger partial charge on any atom is -0.354 e. The molecule has 2 aliphatic heterocycles. The van der Waals surface area contributed by atoms with Crippen molar-refractivity contribution in [3.63, 3.8) is 0 Å². The van der Waals surface area contributed by atoms with E-state index in [4.69, 9.17) is 0 Å². The van der Waals surface area contributed by atoms with Gasteiger partial charge in [-0.15, -0.1) is 0 Å². The number of benzene rings is 1. The molecule has 0 bridgehead atoms. The topological polar surface area (TPSA) is 39.7 Å². The third kappa shape index (κ3) is 4.41. The molecule has 0 atom stereocenters. The minimum atomic E-state index is 0.182. The van der Waals surface area contributed by atoms with Crippen molar-refractivity contribution in [1.29, 1.82) is 0 Å². The molecule has 30 heavy (non-hydrogen) atoms. The second-order valence-electron chi connectivity index (χ2n) is 8.52. The van der Waals surface area contributed by atoms with Crippen LogP contribution in [0.2, 0.25) is 0 Å². The Balaban J connectivity index is 1.40. The first-order valence-electron chi connectivity index (χ1n) is 11.0. The van der Waals surface area contributed by atoms with E-state index >= 15 is 0 Å². The highest BCUT2D eigenvalue weighted by molar-refractivity contribution is 6.00. The van der Waals surface area contributed by atoms with Crippen LogP contribution in [0.5, 0.6) is 0 Å². The number of pyridine rings is 1. The molecule has 158 valence electrons. The van der Waals surface area contributed by atoms with Gasteiger partial charge in [-0.3, -0.25) is 9.69 Å². The Morgan fingerprint density at radius 1 is 1.17 bits per heavy atom. The molecule has 4 rings (SSSR count). The minimum absolute atomic E-state index is 0.182. The van der Waals surface area contributed by atoms with Crippen molar-refractivity contribution in [3.8, 4) is 0 Å². The molecule has 2 aliphatic rings. The number of rotatable bonds is 6. The van der Waals surface area contributed by atoms with Crippen LogP contribution in [0.3, 0.4) is 0 Å². The van der Waals surface area contributed by atoms with Crippen molar-refractivity contribution in [2.45, 2.75) is 40.3 Å². The van der Waals surface area contributed by atoms with E-state index in [1.165, 1.54) is 16.7 Å². The first-order valence-corrected chi connectivity index (χ1v) is 11.0. The Labute approximate surface area is 180 Å². The van der Waals surface area contributed by atoms with E-state index in [1.54, 1.807) is 0 Å². The lowest BCUT2D eigenvalue weighted by Gasteiger charge is -2.35. The third-order valence-electron chi connectivity index (χ3n) is 6.08. The molecule has 0 aliphatic carbocycles. The molecule has 0 unspecified atom stereocenters. The second-order valence-corrected chi connectivity index (χ2v) is 8.52. The summed E-state index contributed by atoms with van der Waals surface area (Å²) in [5.74, 6) is 1.25. The van der Waals surface area contributed by atoms with Gasteiger partial charge in [-0.25, -0.2) is 4.98 Å². The van der Waals surface area contributed by atoms with Crippen molar-refractivity contribution in [2.75, 3.05) is 37.6 Å². The van der Waals surface area contributed by atoms with Crippen LogP contribution in [0, 0.1) is 6.92 Å². The number of hydrogen-bond donors (Lipinski definition) is 0. The molecule has 2 aromatic rings. The highest BCUT2D eigenvalue weighted by Crippen LogP contribution is 2.28. The Morgan fingerprint density at radius 3 is 2.67 bits per heavy atom. The predicted octanol–water partition coefficient (Wildman–Crippen LogP) is 4.02. The number of aromatic nitrogens is 1. The van der Waals surface area contributed by atoms with Gasteiger partial charge in [-0.05, 0) is 49.1 Å². The van der Waals surface area contributed by atoms with Gasteiger partial charge in [0, 0.05) is 57.6 Å². The first-order chi connectivity index (χ1) is 14.5. The number of aryl methyl sites for hydroxylation is 1. The molecular formula is C25H32N4O. The number of amides is 1. The van der Waals surface area contributed by atoms with E-state index in [2.05, 4.69) is 59.8 Å². The smallest absolute Gasteiger partial charge is 0.255 e. The summed E-state index contributed by atoms with van der Waals surface area (Å²) in [6.45, 7) is 12.8. The summed E-state index contributed by atoms with van der Waals surface area (Å²) in [7, 11) is 0. The van der Waals surface area contributed by atoms with E-state index in [0.717, 1.165) is 69.2 Å². The number of allylic oxidation sites excluding steroid dienone is 1. The summed E-state index contributed by atoms with van der Waals surface area (Å²) in [5.41, 5.74) is 5.80. The maximum Gasteiger partial charge on any atom is 0.255 e. The lowest BCUT2D eigenvalue weighted by Crippen LogP contribution is -2.46. The molecule has 1 amide bonds. The van der Waals surface area contributed by atoms with E-state index < -0.39 is 0 Å². The highest BCUT2D eigenvalue weighted by Gasteiger charge is 2.29. The van der Waals surface area contributed by atoms with Crippen molar-refractivity contribution < 1.29 is 4.79 Å². The van der Waals surface area contributed by atoms with Gasteiger partial charge in [0.25, 0.3) is 5.91 Å². The number of nitrogens with zero attached hydrogens (tertiary/aromatic N) is 4. The molecule has 1 aromatic heterocycles. The van der Waals surface area contributed by atoms with Gasteiger partial charge in [0.05, 0.1) is 0 Å². The fourth-order valence-corrected chi connectivity index (χ4v) is 4.67. The van der Waals surface area contributed by atoms with Gasteiger partial charge < -0.3 is 9.80 Å². The lowest BCUT2D eigenvalue weighted by atomic mass is 10.00. The molecule has 1 aromatic carbocycles. The molecule has 5 heteroatoms. The van der Waals surface area contributed by atoms with Crippen LogP contribution in [0.4, 0.5) is 5.82 Å². The quantitative estimate of drug-likeness (QED) is 0.682. The van der Waals surface area contributed by atoms with Crippen LogP contribution < -0.4 is 4.90 Å². The normalized spacial score (nSPS) is 17.6. The predicted molar refractivity (Wildman–Crippen MR) is 122 cm³/mol. The van der Waals surface area contributed by atoms with Crippen LogP contribution in [-0.2, 0) is 13.1 Å². The van der Waals surface area contributed by atoms with Gasteiger partial charge in [-0.1, -0.05) is 36.8 Å². The van der Waals surface area contributed by atoms with Gasteiger partial charge >= 0.3 is 0 Å². The SMILES string of the molecule is CC/C=C(\C)CN1Cc2cc(CN3CCN(c4ccccn4)CC3)cc(C)c2C1=O. The first kappa shape index (κ1) is 20.6. The molecule has 0 spiro atoms. The summed E-state index contributed by atoms with van der Waals surface area (Å²) in [6, 6.07) is 10.6. The number of anilines is 1. The fourth-order valence-electron chi connectivity index (χ4n) is 4.67. The molecule has 3 heterocycles. The van der Waals surface area contributed by atoms with Crippen molar-refractivity contribution in [1.82, 2.24) is 14.8 Å². The van der Waals surface area contributed by atoms with Gasteiger partial charge in [0.15, 0.2) is 0 Å². The number of carbonyl (C=O) groups is 1. The summed E-state index contributed by atoms with van der Waals surface area (Å²) < 4.78 is 0. The van der Waals surface area contributed by atoms with E-state index in [1.807, 2.05) is 23.2 Å². The fraction of sp³-hybridized carbons (Fsp3) is 0.440. The van der Waals surface area contributed by atoms with E-state index in [-0.39, 0.29) is 5.91 Å². The van der Waals surface area contributed by atoms with Gasteiger partial charge in [-0.2, -0.15) is 0 Å². The molecule has 0 N–H and O–H groups in total. The van der Waals surface area contributed by atoms with Crippen molar-refractivity contribution >= 4 is 11.7 Å². The molecule has 0 saturated carbocycles. The van der Waals surface area contributed by atoms with Gasteiger partial charge in [0.2, 0.25) is 0 Å². The zero-order chi connectivity index (χ0) is 21.1.